The minimum Gasteiger partial charge on any atom is -0.460 e. The number of fused-ring (bicyclic) bond motifs is 1. The Morgan fingerprint density at radius 1 is 1.27 bits per heavy atom. The summed E-state index contributed by atoms with van der Waals surface area (Å²) in [6, 6.07) is 5.46. The van der Waals surface area contributed by atoms with Gasteiger partial charge in [0.05, 0.1) is 24.0 Å². The lowest BCUT2D eigenvalue weighted by atomic mass is 9.87. The predicted octanol–water partition coefficient (Wildman–Crippen LogP) is 3.41. The number of methoxy groups -OCH3 is 1. The molecule has 4 heteroatoms. The van der Waals surface area contributed by atoms with Crippen LogP contribution < -0.4 is 5.43 Å². The maximum Gasteiger partial charge on any atom is 0.198 e. The molecular formula is C18H22O4. The van der Waals surface area contributed by atoms with Crippen molar-refractivity contribution in [1.82, 2.24) is 0 Å². The van der Waals surface area contributed by atoms with Crippen molar-refractivity contribution >= 4 is 16.8 Å². The lowest BCUT2D eigenvalue weighted by molar-refractivity contribution is -0.125. The number of Topliss-reactive ketones (excluding diaryl/α,β-unsaturated/α-hetero) is 1. The number of ether oxygens (including phenoxy) is 1. The standard InChI is InChI=1S/C18H22O4/c1-11-6-7-14-12(8-11)17(20)13(10-21-5)15(22-14)9-16(19)18(2,3)4/h6-8H,9-10H2,1-5H3. The molecule has 22 heavy (non-hydrogen) atoms. The van der Waals surface area contributed by atoms with Crippen molar-refractivity contribution in [2.45, 2.75) is 40.7 Å². The van der Waals surface area contributed by atoms with E-state index in [-0.39, 0.29) is 24.2 Å². The highest BCUT2D eigenvalue weighted by atomic mass is 16.5. The van der Waals surface area contributed by atoms with Crippen LogP contribution in [0.25, 0.3) is 11.0 Å². The molecule has 0 spiro atoms. The smallest absolute Gasteiger partial charge is 0.198 e. The summed E-state index contributed by atoms with van der Waals surface area (Å²) in [5.41, 5.74) is 1.32. The Bertz CT molecular complexity index is 763. The Morgan fingerprint density at radius 3 is 2.55 bits per heavy atom. The SMILES string of the molecule is COCc1c(CC(=O)C(C)(C)C)oc2ccc(C)cc2c1=O. The zero-order chi connectivity index (χ0) is 16.5. The summed E-state index contributed by atoms with van der Waals surface area (Å²) in [5.74, 6) is 0.433. The zero-order valence-electron chi connectivity index (χ0n) is 13.8. The number of ketones is 1. The van der Waals surface area contributed by atoms with Gasteiger partial charge in [0.1, 0.15) is 17.1 Å². The van der Waals surface area contributed by atoms with E-state index < -0.39 is 5.41 Å². The van der Waals surface area contributed by atoms with E-state index in [0.717, 1.165) is 5.56 Å². The monoisotopic (exact) mass is 302 g/mol. The van der Waals surface area contributed by atoms with Crippen LogP contribution in [0.1, 0.15) is 37.7 Å². The number of aryl methyl sites for hydroxylation is 1. The van der Waals surface area contributed by atoms with Crippen LogP contribution in [0.15, 0.2) is 27.4 Å². The van der Waals surface area contributed by atoms with E-state index in [4.69, 9.17) is 9.15 Å². The topological polar surface area (TPSA) is 56.5 Å². The minimum atomic E-state index is -0.481. The summed E-state index contributed by atoms with van der Waals surface area (Å²) in [7, 11) is 1.52. The number of carbonyl (C=O) groups is 1. The summed E-state index contributed by atoms with van der Waals surface area (Å²) < 4.78 is 11.0. The lowest BCUT2D eigenvalue weighted by Crippen LogP contribution is -2.24. The van der Waals surface area contributed by atoms with Crippen LogP contribution >= 0.6 is 0 Å². The van der Waals surface area contributed by atoms with Gasteiger partial charge in [-0.1, -0.05) is 32.4 Å². The Hall–Kier alpha value is -1.94. The van der Waals surface area contributed by atoms with Crippen molar-refractivity contribution in [1.29, 1.82) is 0 Å². The average molecular weight is 302 g/mol. The van der Waals surface area contributed by atoms with Crippen LogP contribution in [0, 0.1) is 12.3 Å². The van der Waals surface area contributed by atoms with Crippen LogP contribution in [0.4, 0.5) is 0 Å². The van der Waals surface area contributed by atoms with Gasteiger partial charge in [0, 0.05) is 12.5 Å². The fraction of sp³-hybridized carbons (Fsp3) is 0.444. The second-order valence-corrected chi connectivity index (χ2v) is 6.62. The molecule has 0 atom stereocenters. The molecule has 0 saturated carbocycles. The van der Waals surface area contributed by atoms with Gasteiger partial charge in [-0.2, -0.15) is 0 Å². The van der Waals surface area contributed by atoms with Gasteiger partial charge in [-0.15, -0.1) is 0 Å². The summed E-state index contributed by atoms with van der Waals surface area (Å²) in [4.78, 5) is 25.0. The number of rotatable bonds is 4. The first kappa shape index (κ1) is 16.4. The maximum atomic E-state index is 12.7. The minimum absolute atomic E-state index is 0.0273. The van der Waals surface area contributed by atoms with Crippen LogP contribution in [0.2, 0.25) is 0 Å². The highest BCUT2D eigenvalue weighted by Gasteiger charge is 2.25. The average Bonchev–Trinajstić information content (AvgIpc) is 2.43. The van der Waals surface area contributed by atoms with E-state index >= 15 is 0 Å². The molecule has 0 bridgehead atoms. The van der Waals surface area contributed by atoms with Crippen molar-refractivity contribution < 1.29 is 13.9 Å². The van der Waals surface area contributed by atoms with Gasteiger partial charge in [0.25, 0.3) is 0 Å². The van der Waals surface area contributed by atoms with E-state index in [1.54, 1.807) is 12.1 Å². The number of hydrogen-bond donors (Lipinski definition) is 0. The lowest BCUT2D eigenvalue weighted by Gasteiger charge is -2.17. The number of benzene rings is 1. The van der Waals surface area contributed by atoms with Crippen molar-refractivity contribution in [3.8, 4) is 0 Å². The molecule has 0 saturated heterocycles. The Kier molecular flexibility index (Phi) is 4.52. The highest BCUT2D eigenvalue weighted by Crippen LogP contribution is 2.22. The van der Waals surface area contributed by atoms with Crippen LogP contribution in [0.5, 0.6) is 0 Å². The van der Waals surface area contributed by atoms with Crippen molar-refractivity contribution in [2.75, 3.05) is 7.11 Å². The first-order valence-electron chi connectivity index (χ1n) is 7.31. The summed E-state index contributed by atoms with van der Waals surface area (Å²) in [5, 5.41) is 0.527. The molecule has 2 rings (SSSR count). The third-order valence-electron chi connectivity index (χ3n) is 3.67. The van der Waals surface area contributed by atoms with Gasteiger partial charge in [-0.05, 0) is 19.1 Å². The van der Waals surface area contributed by atoms with Gasteiger partial charge in [-0.3, -0.25) is 9.59 Å². The molecule has 0 aliphatic carbocycles. The van der Waals surface area contributed by atoms with E-state index in [1.165, 1.54) is 7.11 Å². The molecule has 1 aromatic carbocycles. The second kappa shape index (κ2) is 6.05. The third-order valence-corrected chi connectivity index (χ3v) is 3.67. The zero-order valence-corrected chi connectivity index (χ0v) is 13.8. The quantitative estimate of drug-likeness (QED) is 0.868. The summed E-state index contributed by atoms with van der Waals surface area (Å²) in [6.45, 7) is 7.63. The van der Waals surface area contributed by atoms with Crippen LogP contribution in [-0.2, 0) is 22.6 Å². The molecular weight excluding hydrogens is 280 g/mol. The van der Waals surface area contributed by atoms with Crippen LogP contribution in [-0.4, -0.2) is 12.9 Å². The Morgan fingerprint density at radius 2 is 1.95 bits per heavy atom. The predicted molar refractivity (Wildman–Crippen MR) is 86.1 cm³/mol. The molecule has 1 aromatic heterocycles. The fourth-order valence-electron chi connectivity index (χ4n) is 2.24. The van der Waals surface area contributed by atoms with Crippen molar-refractivity contribution in [3.63, 3.8) is 0 Å². The third kappa shape index (κ3) is 3.28. The molecule has 1 heterocycles. The highest BCUT2D eigenvalue weighted by molar-refractivity contribution is 5.86. The largest absolute Gasteiger partial charge is 0.460 e. The summed E-state index contributed by atoms with van der Waals surface area (Å²) in [6.07, 6.45) is 0.0985. The molecule has 0 N–H and O–H groups in total. The van der Waals surface area contributed by atoms with Gasteiger partial charge in [0.15, 0.2) is 5.43 Å². The van der Waals surface area contributed by atoms with Crippen LogP contribution in [0.3, 0.4) is 0 Å². The Labute approximate surface area is 130 Å². The van der Waals surface area contributed by atoms with Crippen molar-refractivity contribution in [2.24, 2.45) is 5.41 Å². The fourth-order valence-corrected chi connectivity index (χ4v) is 2.24. The molecule has 0 unspecified atom stereocenters. The molecule has 0 aliphatic rings. The number of carbonyl (C=O) groups excluding carboxylic acids is 1. The molecule has 0 amide bonds. The molecule has 2 aromatic rings. The first-order valence-corrected chi connectivity index (χ1v) is 7.31. The summed E-state index contributed by atoms with van der Waals surface area (Å²) >= 11 is 0. The van der Waals surface area contributed by atoms with Gasteiger partial charge in [0.2, 0.25) is 0 Å². The normalized spacial score (nSPS) is 11.9. The van der Waals surface area contributed by atoms with Gasteiger partial charge >= 0.3 is 0 Å². The van der Waals surface area contributed by atoms with E-state index in [1.807, 2.05) is 33.8 Å². The second-order valence-electron chi connectivity index (χ2n) is 6.62. The van der Waals surface area contributed by atoms with E-state index in [2.05, 4.69) is 0 Å². The molecule has 0 aliphatic heterocycles. The van der Waals surface area contributed by atoms with Crippen molar-refractivity contribution in [3.05, 3.63) is 45.3 Å². The molecule has 4 nitrogen and oxygen atoms in total. The molecule has 0 radical (unpaired) electrons. The maximum absolute atomic E-state index is 12.7. The van der Waals surface area contributed by atoms with E-state index in [9.17, 15) is 9.59 Å². The van der Waals surface area contributed by atoms with E-state index in [0.29, 0.717) is 22.3 Å². The van der Waals surface area contributed by atoms with Gasteiger partial charge in [-0.25, -0.2) is 0 Å². The van der Waals surface area contributed by atoms with Gasteiger partial charge < -0.3 is 9.15 Å². The molecule has 118 valence electrons. The number of hydrogen-bond acceptors (Lipinski definition) is 4. The first-order chi connectivity index (χ1) is 10.2. The molecule has 0 fully saturated rings. The Balaban J connectivity index is 2.62.